The number of aromatic nitrogens is 1. The number of nitrogens with one attached hydrogen (secondary N) is 1. The second-order valence-corrected chi connectivity index (χ2v) is 5.62. The second kappa shape index (κ2) is 7.57. The van der Waals surface area contributed by atoms with Gasteiger partial charge in [-0.05, 0) is 42.8 Å². The van der Waals surface area contributed by atoms with Gasteiger partial charge in [-0.25, -0.2) is 9.37 Å². The number of nitrogens with zero attached hydrogens (tertiary/aromatic N) is 1. The van der Waals surface area contributed by atoms with Crippen molar-refractivity contribution >= 4 is 11.6 Å². The van der Waals surface area contributed by atoms with E-state index in [9.17, 15) is 9.18 Å². The lowest BCUT2D eigenvalue weighted by Crippen LogP contribution is -2.12. The van der Waals surface area contributed by atoms with E-state index in [1.54, 1.807) is 24.3 Å². The van der Waals surface area contributed by atoms with E-state index in [4.69, 9.17) is 4.74 Å². The Morgan fingerprint density at radius 3 is 2.60 bits per heavy atom. The van der Waals surface area contributed by atoms with Crippen LogP contribution in [0.15, 0.2) is 66.9 Å². The van der Waals surface area contributed by atoms with Crippen LogP contribution in [0.5, 0.6) is 5.88 Å². The van der Waals surface area contributed by atoms with Crippen LogP contribution in [0.4, 0.5) is 10.1 Å². The van der Waals surface area contributed by atoms with E-state index < -0.39 is 0 Å². The van der Waals surface area contributed by atoms with Crippen molar-refractivity contribution in [2.45, 2.75) is 13.5 Å². The molecule has 1 amide bonds. The SMILES string of the molecule is Cc1ccc(NC(=O)c2ccc(OCc3cccc(F)c3)nc2)cc1. The predicted molar refractivity (Wildman–Crippen MR) is 94.1 cm³/mol. The molecule has 3 aromatic rings. The highest BCUT2D eigenvalue weighted by Crippen LogP contribution is 2.14. The first-order chi connectivity index (χ1) is 12.1. The summed E-state index contributed by atoms with van der Waals surface area (Å²) in [6, 6.07) is 17.0. The molecule has 4 nitrogen and oxygen atoms in total. The molecule has 0 radical (unpaired) electrons. The van der Waals surface area contributed by atoms with Gasteiger partial charge in [-0.3, -0.25) is 4.79 Å². The lowest BCUT2D eigenvalue weighted by molar-refractivity contribution is 0.102. The molecule has 0 saturated carbocycles. The van der Waals surface area contributed by atoms with E-state index in [2.05, 4.69) is 10.3 Å². The van der Waals surface area contributed by atoms with Crippen molar-refractivity contribution < 1.29 is 13.9 Å². The van der Waals surface area contributed by atoms with Gasteiger partial charge in [0.15, 0.2) is 0 Å². The monoisotopic (exact) mass is 336 g/mol. The average Bonchev–Trinajstić information content (AvgIpc) is 2.62. The van der Waals surface area contributed by atoms with Gasteiger partial charge in [0.2, 0.25) is 5.88 Å². The number of hydrogen-bond acceptors (Lipinski definition) is 3. The molecular weight excluding hydrogens is 319 g/mol. The minimum atomic E-state index is -0.308. The van der Waals surface area contributed by atoms with Crippen molar-refractivity contribution in [3.63, 3.8) is 0 Å². The standard InChI is InChI=1S/C20H17FN2O2/c1-14-5-8-18(9-6-14)23-20(24)16-7-10-19(22-12-16)25-13-15-3-2-4-17(21)11-15/h2-12H,13H2,1H3,(H,23,24). The molecule has 0 aliphatic carbocycles. The van der Waals surface area contributed by atoms with Crippen molar-refractivity contribution in [1.82, 2.24) is 4.98 Å². The van der Waals surface area contributed by atoms with E-state index in [1.165, 1.54) is 18.3 Å². The van der Waals surface area contributed by atoms with Crippen molar-refractivity contribution in [3.8, 4) is 5.88 Å². The summed E-state index contributed by atoms with van der Waals surface area (Å²) in [4.78, 5) is 16.3. The Morgan fingerprint density at radius 1 is 1.12 bits per heavy atom. The molecule has 0 aliphatic rings. The van der Waals surface area contributed by atoms with E-state index in [0.29, 0.717) is 17.0 Å². The zero-order chi connectivity index (χ0) is 17.6. The van der Waals surface area contributed by atoms with Crippen molar-refractivity contribution in [2.75, 3.05) is 5.32 Å². The zero-order valence-electron chi connectivity index (χ0n) is 13.7. The lowest BCUT2D eigenvalue weighted by Gasteiger charge is -2.08. The second-order valence-electron chi connectivity index (χ2n) is 5.62. The summed E-state index contributed by atoms with van der Waals surface area (Å²) < 4.78 is 18.6. The van der Waals surface area contributed by atoms with E-state index in [0.717, 1.165) is 11.3 Å². The van der Waals surface area contributed by atoms with Crippen LogP contribution in [0, 0.1) is 12.7 Å². The van der Waals surface area contributed by atoms with Gasteiger partial charge in [0.05, 0.1) is 5.56 Å². The summed E-state index contributed by atoms with van der Waals surface area (Å²) in [5, 5.41) is 2.81. The smallest absolute Gasteiger partial charge is 0.257 e. The first kappa shape index (κ1) is 16.6. The maximum Gasteiger partial charge on any atom is 0.257 e. The van der Waals surface area contributed by atoms with Gasteiger partial charge in [0.1, 0.15) is 12.4 Å². The highest BCUT2D eigenvalue weighted by Gasteiger charge is 2.07. The fraction of sp³-hybridized carbons (Fsp3) is 0.100. The largest absolute Gasteiger partial charge is 0.473 e. The molecule has 0 bridgehead atoms. The summed E-state index contributed by atoms with van der Waals surface area (Å²) in [5.41, 5.74) is 2.99. The molecule has 3 rings (SSSR count). The fourth-order valence-electron chi connectivity index (χ4n) is 2.22. The molecule has 0 unspecified atom stereocenters. The highest BCUT2D eigenvalue weighted by atomic mass is 19.1. The predicted octanol–water partition coefficient (Wildman–Crippen LogP) is 4.36. The Bertz CT molecular complexity index is 862. The number of carbonyl (C=O) groups is 1. The lowest BCUT2D eigenvalue weighted by atomic mass is 10.2. The number of pyridine rings is 1. The quantitative estimate of drug-likeness (QED) is 0.753. The van der Waals surface area contributed by atoms with E-state index in [1.807, 2.05) is 31.2 Å². The molecule has 1 heterocycles. The van der Waals surface area contributed by atoms with Gasteiger partial charge in [-0.2, -0.15) is 0 Å². The molecule has 0 aliphatic heterocycles. The van der Waals surface area contributed by atoms with Gasteiger partial charge in [0.25, 0.3) is 5.91 Å². The number of benzene rings is 2. The first-order valence-electron chi connectivity index (χ1n) is 7.81. The van der Waals surface area contributed by atoms with Gasteiger partial charge < -0.3 is 10.1 Å². The fourth-order valence-corrected chi connectivity index (χ4v) is 2.22. The zero-order valence-corrected chi connectivity index (χ0v) is 13.7. The van der Waals surface area contributed by atoms with Gasteiger partial charge in [-0.15, -0.1) is 0 Å². The summed E-state index contributed by atoms with van der Waals surface area (Å²) in [7, 11) is 0. The maximum atomic E-state index is 13.1. The summed E-state index contributed by atoms with van der Waals surface area (Å²) >= 11 is 0. The van der Waals surface area contributed by atoms with Crippen LogP contribution >= 0.6 is 0 Å². The van der Waals surface area contributed by atoms with Crippen LogP contribution in [0.3, 0.4) is 0 Å². The van der Waals surface area contributed by atoms with Crippen LogP contribution in [-0.2, 0) is 6.61 Å². The molecule has 0 atom stereocenters. The Labute approximate surface area is 145 Å². The molecule has 5 heteroatoms. The van der Waals surface area contributed by atoms with Crippen molar-refractivity contribution in [3.05, 3.63) is 89.4 Å². The molecule has 1 aromatic heterocycles. The molecule has 0 fully saturated rings. The summed E-state index contributed by atoms with van der Waals surface area (Å²) in [6.07, 6.45) is 1.45. The van der Waals surface area contributed by atoms with Gasteiger partial charge in [-0.1, -0.05) is 29.8 Å². The molecule has 1 N–H and O–H groups in total. The van der Waals surface area contributed by atoms with Crippen LogP contribution in [0.25, 0.3) is 0 Å². The van der Waals surface area contributed by atoms with Crippen LogP contribution < -0.4 is 10.1 Å². The number of rotatable bonds is 5. The van der Waals surface area contributed by atoms with Gasteiger partial charge in [0, 0.05) is 18.0 Å². The molecule has 0 saturated heterocycles. The Hall–Kier alpha value is -3.21. The topological polar surface area (TPSA) is 51.2 Å². The molecule has 0 spiro atoms. The number of amides is 1. The molecule has 126 valence electrons. The summed E-state index contributed by atoms with van der Waals surface area (Å²) in [6.45, 7) is 2.19. The number of halogens is 1. The maximum absolute atomic E-state index is 13.1. The average molecular weight is 336 g/mol. The van der Waals surface area contributed by atoms with Gasteiger partial charge >= 0.3 is 0 Å². The Kier molecular flexibility index (Phi) is 5.04. The minimum absolute atomic E-state index is 0.208. The number of hydrogen-bond donors (Lipinski definition) is 1. The summed E-state index contributed by atoms with van der Waals surface area (Å²) in [5.74, 6) is -0.179. The number of aryl methyl sites for hydroxylation is 1. The van der Waals surface area contributed by atoms with Crippen molar-refractivity contribution in [2.24, 2.45) is 0 Å². The number of anilines is 1. The molecule has 25 heavy (non-hydrogen) atoms. The first-order valence-corrected chi connectivity index (χ1v) is 7.81. The normalized spacial score (nSPS) is 10.3. The third kappa shape index (κ3) is 4.64. The Balaban J connectivity index is 1.59. The number of ether oxygens (including phenoxy) is 1. The Morgan fingerprint density at radius 2 is 1.92 bits per heavy atom. The van der Waals surface area contributed by atoms with Crippen LogP contribution in [0.1, 0.15) is 21.5 Å². The molecule has 2 aromatic carbocycles. The number of carbonyl (C=O) groups excluding carboxylic acids is 1. The van der Waals surface area contributed by atoms with E-state index in [-0.39, 0.29) is 18.3 Å². The van der Waals surface area contributed by atoms with E-state index >= 15 is 0 Å². The van der Waals surface area contributed by atoms with Crippen LogP contribution in [0.2, 0.25) is 0 Å². The van der Waals surface area contributed by atoms with Crippen LogP contribution in [-0.4, -0.2) is 10.9 Å². The third-order valence-electron chi connectivity index (χ3n) is 3.58. The highest BCUT2D eigenvalue weighted by molar-refractivity contribution is 6.04. The molecular formula is C20H17FN2O2. The van der Waals surface area contributed by atoms with Crippen molar-refractivity contribution in [1.29, 1.82) is 0 Å². The third-order valence-corrected chi connectivity index (χ3v) is 3.58. The minimum Gasteiger partial charge on any atom is -0.473 e.